The van der Waals surface area contributed by atoms with Gasteiger partial charge in [-0.15, -0.1) is 0 Å². The fraction of sp³-hybridized carbons (Fsp3) is 0.200. The van der Waals surface area contributed by atoms with Crippen molar-refractivity contribution in [2.75, 3.05) is 14.2 Å². The molecule has 0 heterocycles. The van der Waals surface area contributed by atoms with Crippen LogP contribution in [0.2, 0.25) is 5.02 Å². The molecule has 2 aromatic carbocycles. The van der Waals surface area contributed by atoms with Gasteiger partial charge in [-0.3, -0.25) is 5.84 Å². The molecule has 0 bridgehead atoms. The second kappa shape index (κ2) is 6.76. The number of ether oxygens (including phenoxy) is 2. The molecule has 0 spiro atoms. The average Bonchev–Trinajstić information content (AvgIpc) is 2.51. The third kappa shape index (κ3) is 3.10. The van der Waals surface area contributed by atoms with Crippen molar-refractivity contribution in [3.63, 3.8) is 0 Å². The lowest BCUT2D eigenvalue weighted by Crippen LogP contribution is -2.30. The lowest BCUT2D eigenvalue weighted by atomic mass is 9.97. The molecule has 0 fully saturated rings. The van der Waals surface area contributed by atoms with Crippen LogP contribution in [0.25, 0.3) is 0 Å². The summed E-state index contributed by atoms with van der Waals surface area (Å²) in [6, 6.07) is 8.88. The molecule has 0 saturated heterocycles. The molecule has 0 saturated carbocycles. The van der Waals surface area contributed by atoms with E-state index in [0.717, 1.165) is 0 Å². The Bertz CT molecular complexity index is 615. The highest BCUT2D eigenvalue weighted by atomic mass is 35.5. The number of halogens is 2. The van der Waals surface area contributed by atoms with Gasteiger partial charge in [0.15, 0.2) is 0 Å². The van der Waals surface area contributed by atoms with E-state index < -0.39 is 11.9 Å². The van der Waals surface area contributed by atoms with Gasteiger partial charge in [0.2, 0.25) is 0 Å². The predicted octanol–water partition coefficient (Wildman–Crippen LogP) is 3.05. The van der Waals surface area contributed by atoms with Gasteiger partial charge in [0.25, 0.3) is 0 Å². The SMILES string of the molecule is COc1cccc(OC)c1C(NN)c1cc(F)ccc1Cl. The molecular weight excluding hydrogens is 295 g/mol. The summed E-state index contributed by atoms with van der Waals surface area (Å²) in [5, 5.41) is 0.396. The molecule has 21 heavy (non-hydrogen) atoms. The Kier molecular flexibility index (Phi) is 5.01. The van der Waals surface area contributed by atoms with Gasteiger partial charge in [-0.25, -0.2) is 9.82 Å². The third-order valence-electron chi connectivity index (χ3n) is 3.19. The van der Waals surface area contributed by atoms with Crippen LogP contribution >= 0.6 is 11.6 Å². The molecule has 0 aromatic heterocycles. The van der Waals surface area contributed by atoms with Gasteiger partial charge < -0.3 is 9.47 Å². The topological polar surface area (TPSA) is 56.5 Å². The number of hydrazine groups is 1. The molecular formula is C15H16ClFN2O2. The second-order valence-corrected chi connectivity index (χ2v) is 4.75. The monoisotopic (exact) mass is 310 g/mol. The van der Waals surface area contributed by atoms with E-state index >= 15 is 0 Å². The minimum atomic E-state index is -0.570. The molecule has 2 aromatic rings. The van der Waals surface area contributed by atoms with E-state index in [1.807, 2.05) is 0 Å². The molecule has 0 aliphatic heterocycles. The third-order valence-corrected chi connectivity index (χ3v) is 3.53. The first-order valence-electron chi connectivity index (χ1n) is 6.24. The normalized spacial score (nSPS) is 12.0. The Morgan fingerprint density at radius 3 is 2.29 bits per heavy atom. The number of nitrogens with two attached hydrogens (primary N) is 1. The number of benzene rings is 2. The summed E-state index contributed by atoms with van der Waals surface area (Å²) in [6.45, 7) is 0. The van der Waals surface area contributed by atoms with E-state index in [2.05, 4.69) is 5.43 Å². The molecule has 0 amide bonds. The highest BCUT2D eigenvalue weighted by Gasteiger charge is 2.24. The van der Waals surface area contributed by atoms with Crippen molar-refractivity contribution in [2.45, 2.75) is 6.04 Å². The van der Waals surface area contributed by atoms with Crippen LogP contribution in [0.15, 0.2) is 36.4 Å². The maximum atomic E-state index is 13.5. The van der Waals surface area contributed by atoms with Gasteiger partial charge in [0.05, 0.1) is 25.8 Å². The van der Waals surface area contributed by atoms with E-state index in [0.29, 0.717) is 27.6 Å². The fourth-order valence-corrected chi connectivity index (χ4v) is 2.46. The van der Waals surface area contributed by atoms with Crippen molar-refractivity contribution in [1.29, 1.82) is 0 Å². The number of hydrogen-bond acceptors (Lipinski definition) is 4. The van der Waals surface area contributed by atoms with Crippen molar-refractivity contribution in [3.8, 4) is 11.5 Å². The van der Waals surface area contributed by atoms with Gasteiger partial charge >= 0.3 is 0 Å². The maximum absolute atomic E-state index is 13.5. The van der Waals surface area contributed by atoms with E-state index in [4.69, 9.17) is 26.9 Å². The Labute approximate surface area is 127 Å². The van der Waals surface area contributed by atoms with E-state index in [-0.39, 0.29) is 0 Å². The molecule has 1 unspecified atom stereocenters. The number of rotatable bonds is 5. The highest BCUT2D eigenvalue weighted by molar-refractivity contribution is 6.31. The second-order valence-electron chi connectivity index (χ2n) is 4.34. The Balaban J connectivity index is 2.63. The number of hydrogen-bond donors (Lipinski definition) is 2. The Morgan fingerprint density at radius 2 is 1.76 bits per heavy atom. The van der Waals surface area contributed by atoms with Gasteiger partial charge in [-0.05, 0) is 35.9 Å². The van der Waals surface area contributed by atoms with Crippen molar-refractivity contribution >= 4 is 11.6 Å². The summed E-state index contributed by atoms with van der Waals surface area (Å²) < 4.78 is 24.2. The van der Waals surface area contributed by atoms with Crippen LogP contribution < -0.4 is 20.7 Å². The molecule has 3 N–H and O–H groups in total. The molecule has 2 rings (SSSR count). The van der Waals surface area contributed by atoms with Crippen LogP contribution in [0.5, 0.6) is 11.5 Å². The smallest absolute Gasteiger partial charge is 0.127 e. The van der Waals surface area contributed by atoms with Crippen molar-refractivity contribution < 1.29 is 13.9 Å². The van der Waals surface area contributed by atoms with Crippen molar-refractivity contribution in [1.82, 2.24) is 5.43 Å². The minimum absolute atomic E-state index is 0.396. The summed E-state index contributed by atoms with van der Waals surface area (Å²) in [5.41, 5.74) is 3.79. The van der Waals surface area contributed by atoms with Gasteiger partial charge in [0, 0.05) is 5.02 Å². The van der Waals surface area contributed by atoms with Crippen molar-refractivity contribution in [2.24, 2.45) is 5.84 Å². The molecule has 4 nitrogen and oxygen atoms in total. The zero-order valence-electron chi connectivity index (χ0n) is 11.7. The zero-order valence-corrected chi connectivity index (χ0v) is 12.4. The van der Waals surface area contributed by atoms with Crippen LogP contribution in [0.4, 0.5) is 4.39 Å². The quantitative estimate of drug-likeness (QED) is 0.658. The van der Waals surface area contributed by atoms with Gasteiger partial charge in [0.1, 0.15) is 17.3 Å². The molecule has 6 heteroatoms. The first-order chi connectivity index (χ1) is 10.1. The first kappa shape index (κ1) is 15.6. The van der Waals surface area contributed by atoms with Crippen LogP contribution in [0.1, 0.15) is 17.2 Å². The first-order valence-corrected chi connectivity index (χ1v) is 6.62. The lowest BCUT2D eigenvalue weighted by molar-refractivity contribution is 0.377. The van der Waals surface area contributed by atoms with E-state index in [9.17, 15) is 4.39 Å². The van der Waals surface area contributed by atoms with Crippen LogP contribution in [0.3, 0.4) is 0 Å². The molecule has 0 radical (unpaired) electrons. The molecule has 1 atom stereocenters. The number of methoxy groups -OCH3 is 2. The lowest BCUT2D eigenvalue weighted by Gasteiger charge is -2.22. The highest BCUT2D eigenvalue weighted by Crippen LogP contribution is 2.39. The van der Waals surface area contributed by atoms with E-state index in [1.165, 1.54) is 18.2 Å². The average molecular weight is 311 g/mol. The van der Waals surface area contributed by atoms with Crippen LogP contribution in [0, 0.1) is 5.82 Å². The standard InChI is InChI=1S/C15H16ClFN2O2/c1-20-12-4-3-5-13(21-2)14(12)15(19-18)10-8-9(17)6-7-11(10)16/h3-8,15,19H,18H2,1-2H3. The largest absolute Gasteiger partial charge is 0.496 e. The summed E-state index contributed by atoms with van der Waals surface area (Å²) in [7, 11) is 3.08. The minimum Gasteiger partial charge on any atom is -0.496 e. The molecule has 112 valence electrons. The van der Waals surface area contributed by atoms with Crippen LogP contribution in [-0.4, -0.2) is 14.2 Å². The molecule has 0 aliphatic carbocycles. The Hall–Kier alpha value is -1.82. The Morgan fingerprint density at radius 1 is 1.14 bits per heavy atom. The van der Waals surface area contributed by atoms with Gasteiger partial charge in [-0.2, -0.15) is 0 Å². The van der Waals surface area contributed by atoms with E-state index in [1.54, 1.807) is 32.4 Å². The summed E-state index contributed by atoms with van der Waals surface area (Å²) in [5.74, 6) is 6.40. The maximum Gasteiger partial charge on any atom is 0.127 e. The molecule has 0 aliphatic rings. The van der Waals surface area contributed by atoms with Gasteiger partial charge in [-0.1, -0.05) is 17.7 Å². The fourth-order valence-electron chi connectivity index (χ4n) is 2.23. The predicted molar refractivity (Wildman–Crippen MR) is 80.1 cm³/mol. The zero-order chi connectivity index (χ0) is 15.4. The number of nitrogens with one attached hydrogen (secondary N) is 1. The summed E-state index contributed by atoms with van der Waals surface area (Å²) in [6.07, 6.45) is 0. The summed E-state index contributed by atoms with van der Waals surface area (Å²) >= 11 is 6.17. The van der Waals surface area contributed by atoms with Crippen LogP contribution in [-0.2, 0) is 0 Å². The van der Waals surface area contributed by atoms with Crippen molar-refractivity contribution in [3.05, 3.63) is 58.4 Å². The summed E-state index contributed by atoms with van der Waals surface area (Å²) in [4.78, 5) is 0.